The van der Waals surface area contributed by atoms with Crippen molar-refractivity contribution in [1.29, 1.82) is 0 Å². The summed E-state index contributed by atoms with van der Waals surface area (Å²) in [6.07, 6.45) is 7.16. The van der Waals surface area contributed by atoms with Gasteiger partial charge in [-0.25, -0.2) is 0 Å². The summed E-state index contributed by atoms with van der Waals surface area (Å²) >= 11 is 1.69. The fourth-order valence-corrected chi connectivity index (χ4v) is 6.36. The maximum atomic E-state index is 12.4. The number of thioether (sulfide) groups is 1. The van der Waals surface area contributed by atoms with Crippen LogP contribution in [0.5, 0.6) is 5.75 Å². The van der Waals surface area contributed by atoms with E-state index in [0.717, 1.165) is 61.2 Å². The molecule has 0 radical (unpaired) electrons. The fourth-order valence-electron chi connectivity index (χ4n) is 5.34. The zero-order chi connectivity index (χ0) is 27.4. The Kier molecular flexibility index (Phi) is 13.9. The van der Waals surface area contributed by atoms with Crippen LogP contribution in [-0.2, 0) is 25.5 Å². The normalized spacial score (nSPS) is 21.6. The average molecular weight is 535 g/mol. The van der Waals surface area contributed by atoms with Crippen LogP contribution in [0.15, 0.2) is 17.0 Å². The summed E-state index contributed by atoms with van der Waals surface area (Å²) in [5.41, 5.74) is 1.24. The highest BCUT2D eigenvalue weighted by Gasteiger charge is 2.42. The number of Topliss-reactive ketones (excluding diaryl/α,β-unsaturated/α-hetero) is 3. The molecule has 0 amide bonds. The average Bonchev–Trinajstić information content (AvgIpc) is 2.84. The Hall–Kier alpha value is -1.70. The topological polar surface area (TPSA) is 89.9 Å². The van der Waals surface area contributed by atoms with E-state index in [4.69, 9.17) is 9.47 Å². The van der Waals surface area contributed by atoms with Gasteiger partial charge in [0.25, 0.3) is 0 Å². The van der Waals surface area contributed by atoms with E-state index in [1.165, 1.54) is 6.92 Å². The van der Waals surface area contributed by atoms with Gasteiger partial charge in [0.05, 0.1) is 17.8 Å². The van der Waals surface area contributed by atoms with E-state index in [2.05, 4.69) is 13.8 Å². The summed E-state index contributed by atoms with van der Waals surface area (Å²) in [5.74, 6) is 1.25. The largest absolute Gasteiger partial charge is 0.507 e. The summed E-state index contributed by atoms with van der Waals surface area (Å²) in [7, 11) is 0. The molecule has 0 bridgehead atoms. The van der Waals surface area contributed by atoms with Crippen molar-refractivity contribution in [3.63, 3.8) is 0 Å². The first-order valence-corrected chi connectivity index (χ1v) is 14.9. The summed E-state index contributed by atoms with van der Waals surface area (Å²) in [6, 6.07) is 3.66. The lowest BCUT2D eigenvalue weighted by molar-refractivity contribution is -0.145. The minimum Gasteiger partial charge on any atom is -0.507 e. The SMILES string of the molecule is CCCc1c(SCCCOC2CCC(C(C)=O)C(OCCCC(C)=O)C2CCC)ccc(C(C)=O)c1O. The van der Waals surface area contributed by atoms with E-state index in [9.17, 15) is 19.5 Å². The highest BCUT2D eigenvalue weighted by Crippen LogP contribution is 2.38. The highest BCUT2D eigenvalue weighted by atomic mass is 32.2. The molecule has 2 rings (SSSR count). The molecule has 0 saturated heterocycles. The van der Waals surface area contributed by atoms with Crippen LogP contribution in [0.25, 0.3) is 0 Å². The number of hydrogen-bond acceptors (Lipinski definition) is 7. The van der Waals surface area contributed by atoms with Crippen LogP contribution in [0, 0.1) is 11.8 Å². The van der Waals surface area contributed by atoms with Gasteiger partial charge in [-0.3, -0.25) is 9.59 Å². The summed E-state index contributed by atoms with van der Waals surface area (Å²) in [4.78, 5) is 36.5. The molecule has 1 fully saturated rings. The van der Waals surface area contributed by atoms with Gasteiger partial charge in [-0.15, -0.1) is 11.8 Å². The maximum absolute atomic E-state index is 12.4. The van der Waals surface area contributed by atoms with Crippen molar-refractivity contribution in [2.75, 3.05) is 19.0 Å². The Morgan fingerprint density at radius 3 is 2.35 bits per heavy atom. The minimum atomic E-state index is -0.156. The molecule has 37 heavy (non-hydrogen) atoms. The molecule has 7 heteroatoms. The first-order chi connectivity index (χ1) is 17.7. The quantitative estimate of drug-likeness (QED) is 0.137. The maximum Gasteiger partial charge on any atom is 0.163 e. The predicted molar refractivity (Wildman–Crippen MR) is 149 cm³/mol. The van der Waals surface area contributed by atoms with E-state index >= 15 is 0 Å². The molecule has 4 atom stereocenters. The Bertz CT molecular complexity index is 898. The molecule has 0 aliphatic heterocycles. The molecule has 0 spiro atoms. The summed E-state index contributed by atoms with van der Waals surface area (Å²) < 4.78 is 12.6. The van der Waals surface area contributed by atoms with E-state index in [-0.39, 0.29) is 47.1 Å². The van der Waals surface area contributed by atoms with Crippen molar-refractivity contribution in [3.05, 3.63) is 23.3 Å². The Labute approximate surface area is 227 Å². The number of aromatic hydroxyl groups is 1. The molecule has 0 aromatic heterocycles. The molecule has 4 unspecified atom stereocenters. The lowest BCUT2D eigenvalue weighted by Crippen LogP contribution is -2.47. The number of benzene rings is 1. The number of rotatable bonds is 17. The third kappa shape index (κ3) is 9.52. The third-order valence-electron chi connectivity index (χ3n) is 7.18. The number of hydrogen-bond donors (Lipinski definition) is 1. The molecule has 1 aromatic carbocycles. The zero-order valence-corrected chi connectivity index (χ0v) is 24.2. The van der Waals surface area contributed by atoms with E-state index < -0.39 is 0 Å². The summed E-state index contributed by atoms with van der Waals surface area (Å²) in [6.45, 7) is 10.1. The fraction of sp³-hybridized carbons (Fsp3) is 0.700. The number of carbonyl (C=O) groups excluding carboxylic acids is 3. The molecule has 0 heterocycles. The Morgan fingerprint density at radius 1 is 1.00 bits per heavy atom. The van der Waals surface area contributed by atoms with E-state index in [1.54, 1.807) is 31.7 Å². The van der Waals surface area contributed by atoms with Crippen LogP contribution in [0.1, 0.15) is 102 Å². The van der Waals surface area contributed by atoms with Crippen LogP contribution in [0.3, 0.4) is 0 Å². The smallest absolute Gasteiger partial charge is 0.163 e. The molecular formula is C30H46O6S. The van der Waals surface area contributed by atoms with E-state index in [0.29, 0.717) is 31.6 Å². The van der Waals surface area contributed by atoms with Crippen molar-refractivity contribution in [2.45, 2.75) is 110 Å². The first-order valence-electron chi connectivity index (χ1n) is 13.9. The van der Waals surface area contributed by atoms with E-state index in [1.807, 2.05) is 6.07 Å². The number of phenols is 1. The van der Waals surface area contributed by atoms with Crippen LogP contribution >= 0.6 is 11.8 Å². The predicted octanol–water partition coefficient (Wildman–Crippen LogP) is 6.58. The molecule has 6 nitrogen and oxygen atoms in total. The molecule has 208 valence electrons. The Morgan fingerprint density at radius 2 is 1.73 bits per heavy atom. The van der Waals surface area contributed by atoms with Gasteiger partial charge >= 0.3 is 0 Å². The second kappa shape index (κ2) is 16.3. The third-order valence-corrected chi connectivity index (χ3v) is 8.37. The van der Waals surface area contributed by atoms with Crippen LogP contribution < -0.4 is 0 Å². The van der Waals surface area contributed by atoms with Gasteiger partial charge in [0.15, 0.2) is 5.78 Å². The van der Waals surface area contributed by atoms with Crippen LogP contribution in [0.2, 0.25) is 0 Å². The van der Waals surface area contributed by atoms with Crippen LogP contribution in [-0.4, -0.2) is 53.6 Å². The van der Waals surface area contributed by atoms with Gasteiger partial charge in [-0.05, 0) is 71.4 Å². The van der Waals surface area contributed by atoms with Gasteiger partial charge in [0.2, 0.25) is 0 Å². The minimum absolute atomic E-state index is 0.0629. The Balaban J connectivity index is 1.95. The molecule has 1 aliphatic carbocycles. The number of ketones is 3. The van der Waals surface area contributed by atoms with Gasteiger partial charge in [-0.1, -0.05) is 26.7 Å². The van der Waals surface area contributed by atoms with Crippen molar-refractivity contribution in [1.82, 2.24) is 0 Å². The van der Waals surface area contributed by atoms with Gasteiger partial charge in [-0.2, -0.15) is 0 Å². The number of ether oxygens (including phenoxy) is 2. The monoisotopic (exact) mass is 534 g/mol. The number of carbonyl (C=O) groups is 3. The molecular weight excluding hydrogens is 488 g/mol. The second-order valence-corrected chi connectivity index (χ2v) is 11.4. The zero-order valence-electron chi connectivity index (χ0n) is 23.3. The molecule has 1 saturated carbocycles. The first kappa shape index (κ1) is 31.5. The molecule has 1 aliphatic rings. The van der Waals surface area contributed by atoms with Gasteiger partial charge < -0.3 is 19.4 Å². The highest BCUT2D eigenvalue weighted by molar-refractivity contribution is 7.99. The standard InChI is InChI=1S/C30H46O6S/c1-6-10-25-27(15-13-24(22(5)33)30(25)36-17-8-12-20(3)31)35-18-9-19-37-28-16-14-23(21(4)32)29(34)26(28)11-7-2/h14,16,24-25,27,30,34H,6-13,15,17-19H2,1-5H3. The summed E-state index contributed by atoms with van der Waals surface area (Å²) in [5, 5.41) is 10.6. The lowest BCUT2D eigenvalue weighted by Gasteiger charge is -2.42. The number of phenolic OH excluding ortho intramolecular Hbond substituents is 1. The van der Waals surface area contributed by atoms with Crippen molar-refractivity contribution < 1.29 is 29.0 Å². The second-order valence-electron chi connectivity index (χ2n) is 10.2. The van der Waals surface area contributed by atoms with Crippen LogP contribution in [0.4, 0.5) is 0 Å². The van der Waals surface area contributed by atoms with Crippen molar-refractivity contribution in [3.8, 4) is 5.75 Å². The van der Waals surface area contributed by atoms with Crippen molar-refractivity contribution >= 4 is 29.1 Å². The molecule has 1 N–H and O–H groups in total. The van der Waals surface area contributed by atoms with Gasteiger partial charge in [0, 0.05) is 47.7 Å². The van der Waals surface area contributed by atoms with Crippen molar-refractivity contribution in [2.24, 2.45) is 11.8 Å². The lowest BCUT2D eigenvalue weighted by atomic mass is 9.73. The molecule has 1 aromatic rings. The van der Waals surface area contributed by atoms with Gasteiger partial charge in [0.1, 0.15) is 17.3 Å².